The average molecular weight is 261 g/mol. The van der Waals surface area contributed by atoms with Gasteiger partial charge in [-0.1, -0.05) is 56.3 Å². The van der Waals surface area contributed by atoms with Crippen molar-refractivity contribution in [2.75, 3.05) is 6.54 Å². The van der Waals surface area contributed by atoms with Crippen LogP contribution in [-0.2, 0) is 4.79 Å². The summed E-state index contributed by atoms with van der Waals surface area (Å²) in [6, 6.07) is 9.57. The second-order valence-electron chi connectivity index (χ2n) is 4.56. The first-order chi connectivity index (χ1) is 9.04. The van der Waals surface area contributed by atoms with Gasteiger partial charge in [0.25, 0.3) is 0 Å². The second-order valence-corrected chi connectivity index (χ2v) is 4.56. The molecule has 1 rings (SSSR count). The molecule has 0 heterocycles. The Labute approximate surface area is 113 Å². The first kappa shape index (κ1) is 15.1. The SMILES string of the molecule is CCC(=O)[C@@H](C)[C@H](/C=C/c1ccccc1)C[N+](=O)[O-]. The first-order valence-electron chi connectivity index (χ1n) is 6.42. The molecule has 0 aliphatic heterocycles. The van der Waals surface area contributed by atoms with Crippen molar-refractivity contribution in [3.63, 3.8) is 0 Å². The minimum Gasteiger partial charge on any atom is -0.299 e. The fourth-order valence-corrected chi connectivity index (χ4v) is 1.92. The average Bonchev–Trinajstić information content (AvgIpc) is 2.42. The smallest absolute Gasteiger partial charge is 0.210 e. The van der Waals surface area contributed by atoms with Gasteiger partial charge in [0, 0.05) is 17.3 Å². The highest BCUT2D eigenvalue weighted by Gasteiger charge is 2.24. The minimum atomic E-state index is -0.362. The number of rotatable bonds is 7. The summed E-state index contributed by atoms with van der Waals surface area (Å²) < 4.78 is 0. The Bertz CT molecular complexity index is 454. The summed E-state index contributed by atoms with van der Waals surface area (Å²) in [4.78, 5) is 22.0. The van der Waals surface area contributed by atoms with Gasteiger partial charge in [-0.25, -0.2) is 0 Å². The van der Waals surface area contributed by atoms with Gasteiger partial charge in [-0.2, -0.15) is 0 Å². The van der Waals surface area contributed by atoms with E-state index in [-0.39, 0.29) is 29.1 Å². The molecule has 0 unspecified atom stereocenters. The molecule has 102 valence electrons. The van der Waals surface area contributed by atoms with Crippen LogP contribution in [-0.4, -0.2) is 17.3 Å². The topological polar surface area (TPSA) is 60.2 Å². The van der Waals surface area contributed by atoms with Crippen LogP contribution in [0.1, 0.15) is 25.8 Å². The molecule has 4 heteroatoms. The number of Topliss-reactive ketones (excluding diaryl/α,β-unsaturated/α-hetero) is 1. The summed E-state index contributed by atoms with van der Waals surface area (Å²) in [5.74, 6) is -0.623. The predicted molar refractivity (Wildman–Crippen MR) is 75.3 cm³/mol. The Morgan fingerprint density at radius 3 is 2.53 bits per heavy atom. The lowest BCUT2D eigenvalue weighted by atomic mass is 9.88. The second kappa shape index (κ2) is 7.46. The summed E-state index contributed by atoms with van der Waals surface area (Å²) in [7, 11) is 0. The van der Waals surface area contributed by atoms with Crippen molar-refractivity contribution in [3.05, 3.63) is 52.1 Å². The van der Waals surface area contributed by atoms with E-state index in [9.17, 15) is 14.9 Å². The molecule has 0 amide bonds. The molecule has 1 aromatic carbocycles. The standard InChI is InChI=1S/C15H19NO3/c1-3-15(17)12(2)14(11-16(18)19)10-9-13-7-5-4-6-8-13/h4-10,12,14H,3,11H2,1-2H3/b10-9+/t12-,14+/m0/s1. The maximum Gasteiger partial charge on any atom is 0.210 e. The van der Waals surface area contributed by atoms with Crippen LogP contribution in [0.15, 0.2) is 36.4 Å². The number of nitro groups is 1. The van der Waals surface area contributed by atoms with Gasteiger partial charge >= 0.3 is 0 Å². The van der Waals surface area contributed by atoms with Crippen LogP contribution < -0.4 is 0 Å². The monoisotopic (exact) mass is 261 g/mol. The number of carbonyl (C=O) groups excluding carboxylic acids is 1. The summed E-state index contributed by atoms with van der Waals surface area (Å²) in [6.45, 7) is 3.33. The van der Waals surface area contributed by atoms with E-state index in [2.05, 4.69) is 0 Å². The predicted octanol–water partition coefficient (Wildman–Crippen LogP) is 3.21. The van der Waals surface area contributed by atoms with Crippen molar-refractivity contribution < 1.29 is 9.72 Å². The van der Waals surface area contributed by atoms with E-state index < -0.39 is 0 Å². The van der Waals surface area contributed by atoms with Gasteiger partial charge in [-0.3, -0.25) is 14.9 Å². The number of carbonyl (C=O) groups is 1. The fraction of sp³-hybridized carbons (Fsp3) is 0.400. The summed E-state index contributed by atoms with van der Waals surface area (Å²) in [6.07, 6.45) is 4.03. The molecule has 0 N–H and O–H groups in total. The first-order valence-corrected chi connectivity index (χ1v) is 6.42. The largest absolute Gasteiger partial charge is 0.299 e. The van der Waals surface area contributed by atoms with Gasteiger partial charge in [-0.15, -0.1) is 0 Å². The zero-order valence-corrected chi connectivity index (χ0v) is 11.3. The van der Waals surface area contributed by atoms with Gasteiger partial charge in [0.15, 0.2) is 0 Å². The Kier molecular flexibility index (Phi) is 5.93. The van der Waals surface area contributed by atoms with Crippen molar-refractivity contribution in [2.24, 2.45) is 11.8 Å². The number of ketones is 1. The Morgan fingerprint density at radius 1 is 1.37 bits per heavy atom. The van der Waals surface area contributed by atoms with Gasteiger partial charge < -0.3 is 0 Å². The molecule has 0 aliphatic carbocycles. The highest BCUT2D eigenvalue weighted by Crippen LogP contribution is 2.18. The van der Waals surface area contributed by atoms with Crippen LogP contribution in [0, 0.1) is 22.0 Å². The summed E-state index contributed by atoms with van der Waals surface area (Å²) in [5, 5.41) is 10.7. The van der Waals surface area contributed by atoms with Crippen molar-refractivity contribution in [2.45, 2.75) is 20.3 Å². The number of hydrogen-bond donors (Lipinski definition) is 0. The van der Waals surface area contributed by atoms with Gasteiger partial charge in [-0.05, 0) is 5.56 Å². The minimum absolute atomic E-state index is 0.0598. The number of nitrogens with zero attached hydrogens (tertiary/aromatic N) is 1. The van der Waals surface area contributed by atoms with Gasteiger partial charge in [0.05, 0.1) is 5.92 Å². The molecule has 0 saturated carbocycles. The molecular weight excluding hydrogens is 242 g/mol. The molecule has 0 radical (unpaired) electrons. The van der Waals surface area contributed by atoms with Gasteiger partial charge in [0.2, 0.25) is 6.54 Å². The third-order valence-electron chi connectivity index (χ3n) is 3.19. The Hall–Kier alpha value is -1.97. The molecule has 2 atom stereocenters. The summed E-state index contributed by atoms with van der Waals surface area (Å²) in [5.41, 5.74) is 0.979. The van der Waals surface area contributed by atoms with Crippen LogP contribution in [0.3, 0.4) is 0 Å². The van der Waals surface area contributed by atoms with Crippen LogP contribution in [0.25, 0.3) is 6.08 Å². The van der Waals surface area contributed by atoms with Crippen LogP contribution >= 0.6 is 0 Å². The molecule has 0 aliphatic rings. The molecule has 0 fully saturated rings. The van der Waals surface area contributed by atoms with E-state index in [1.165, 1.54) is 0 Å². The van der Waals surface area contributed by atoms with Crippen LogP contribution in [0.4, 0.5) is 0 Å². The molecule has 19 heavy (non-hydrogen) atoms. The lowest BCUT2D eigenvalue weighted by Crippen LogP contribution is -2.25. The van der Waals surface area contributed by atoms with Crippen molar-refractivity contribution in [1.29, 1.82) is 0 Å². The molecule has 0 spiro atoms. The zero-order valence-electron chi connectivity index (χ0n) is 11.3. The van der Waals surface area contributed by atoms with Gasteiger partial charge in [0.1, 0.15) is 5.78 Å². The van der Waals surface area contributed by atoms with E-state index in [0.717, 1.165) is 5.56 Å². The molecule has 0 bridgehead atoms. The van der Waals surface area contributed by atoms with E-state index in [1.54, 1.807) is 19.9 Å². The third kappa shape index (κ3) is 5.04. The van der Waals surface area contributed by atoms with E-state index in [4.69, 9.17) is 0 Å². The normalized spacial score (nSPS) is 14.2. The van der Waals surface area contributed by atoms with Crippen molar-refractivity contribution in [3.8, 4) is 0 Å². The zero-order chi connectivity index (χ0) is 14.3. The highest BCUT2D eigenvalue weighted by atomic mass is 16.6. The Morgan fingerprint density at radius 2 is 2.00 bits per heavy atom. The maximum absolute atomic E-state index is 11.7. The molecule has 1 aromatic rings. The number of hydrogen-bond acceptors (Lipinski definition) is 3. The lowest BCUT2D eigenvalue weighted by molar-refractivity contribution is -0.486. The van der Waals surface area contributed by atoms with Crippen LogP contribution in [0.5, 0.6) is 0 Å². The third-order valence-corrected chi connectivity index (χ3v) is 3.19. The lowest BCUT2D eigenvalue weighted by Gasteiger charge is -2.15. The van der Waals surface area contributed by atoms with E-state index in [1.807, 2.05) is 36.4 Å². The molecule has 0 saturated heterocycles. The highest BCUT2D eigenvalue weighted by molar-refractivity contribution is 5.81. The van der Waals surface area contributed by atoms with Crippen molar-refractivity contribution >= 4 is 11.9 Å². The summed E-state index contributed by atoms with van der Waals surface area (Å²) >= 11 is 0. The molecule has 0 aromatic heterocycles. The Balaban J connectivity index is 2.83. The van der Waals surface area contributed by atoms with Crippen molar-refractivity contribution in [1.82, 2.24) is 0 Å². The molecule has 4 nitrogen and oxygen atoms in total. The van der Waals surface area contributed by atoms with E-state index in [0.29, 0.717) is 6.42 Å². The molecular formula is C15H19NO3. The van der Waals surface area contributed by atoms with Crippen LogP contribution in [0.2, 0.25) is 0 Å². The number of benzene rings is 1. The fourth-order valence-electron chi connectivity index (χ4n) is 1.92. The maximum atomic E-state index is 11.7. The van der Waals surface area contributed by atoms with E-state index >= 15 is 0 Å². The quantitative estimate of drug-likeness (QED) is 0.559.